The molecule has 8 heteroatoms. The summed E-state index contributed by atoms with van der Waals surface area (Å²) in [7, 11) is 0. The zero-order chi connectivity index (χ0) is 22.3. The predicted octanol–water partition coefficient (Wildman–Crippen LogP) is 3.29. The maximum Gasteiger partial charge on any atom is 0.410 e. The van der Waals surface area contributed by atoms with Crippen molar-refractivity contribution in [3.8, 4) is 0 Å². The van der Waals surface area contributed by atoms with E-state index in [1.807, 2.05) is 45.0 Å². The van der Waals surface area contributed by atoms with Gasteiger partial charge in [0.2, 0.25) is 0 Å². The number of amides is 3. The standard InChI is InChI=1S/C23H36N4O4/c1-23(2,3)31-22(29)27-13-11-26(12-14-27)10-9-24-21(28)25-20-6-4-5-19(15-20)17-30-16-18-7-8-18/h4-6,15,18H,7-14,16-17H2,1-3H3,(H2,24,25,28). The Labute approximate surface area is 185 Å². The number of nitrogens with zero attached hydrogens (tertiary/aromatic N) is 2. The molecule has 1 saturated heterocycles. The lowest BCUT2D eigenvalue weighted by atomic mass is 10.2. The molecular formula is C23H36N4O4. The third-order valence-corrected chi connectivity index (χ3v) is 5.24. The van der Waals surface area contributed by atoms with Crippen LogP contribution in [0.1, 0.15) is 39.2 Å². The van der Waals surface area contributed by atoms with Gasteiger partial charge in [0.1, 0.15) is 5.60 Å². The quantitative estimate of drug-likeness (QED) is 0.659. The molecule has 0 aromatic heterocycles. The van der Waals surface area contributed by atoms with E-state index in [1.54, 1.807) is 4.90 Å². The number of hydrogen-bond donors (Lipinski definition) is 2. The van der Waals surface area contributed by atoms with Crippen molar-refractivity contribution in [3.63, 3.8) is 0 Å². The Morgan fingerprint density at radius 1 is 1.13 bits per heavy atom. The van der Waals surface area contributed by atoms with Crippen LogP contribution >= 0.6 is 0 Å². The summed E-state index contributed by atoms with van der Waals surface area (Å²) in [4.78, 5) is 28.3. The number of anilines is 1. The van der Waals surface area contributed by atoms with E-state index in [0.29, 0.717) is 26.2 Å². The van der Waals surface area contributed by atoms with E-state index in [1.165, 1.54) is 12.8 Å². The van der Waals surface area contributed by atoms with Gasteiger partial charge in [-0.25, -0.2) is 9.59 Å². The molecule has 1 aromatic carbocycles. The molecule has 1 aromatic rings. The Morgan fingerprint density at radius 2 is 1.87 bits per heavy atom. The lowest BCUT2D eigenvalue weighted by Crippen LogP contribution is -2.51. The van der Waals surface area contributed by atoms with Crippen molar-refractivity contribution >= 4 is 17.8 Å². The number of piperazine rings is 1. The van der Waals surface area contributed by atoms with Crippen LogP contribution in [0.2, 0.25) is 0 Å². The molecule has 2 N–H and O–H groups in total. The molecule has 1 aliphatic heterocycles. The highest BCUT2D eigenvalue weighted by Crippen LogP contribution is 2.29. The first-order valence-electron chi connectivity index (χ1n) is 11.2. The van der Waals surface area contributed by atoms with Gasteiger partial charge in [-0.15, -0.1) is 0 Å². The number of rotatable bonds is 8. The molecule has 0 atom stereocenters. The largest absolute Gasteiger partial charge is 0.444 e. The number of hydrogen-bond acceptors (Lipinski definition) is 5. The Balaban J connectivity index is 1.30. The number of ether oxygens (including phenoxy) is 2. The minimum absolute atomic E-state index is 0.219. The minimum atomic E-state index is -0.478. The van der Waals surface area contributed by atoms with Crippen molar-refractivity contribution in [3.05, 3.63) is 29.8 Å². The molecule has 3 amide bonds. The molecule has 0 unspecified atom stereocenters. The second-order valence-electron chi connectivity index (χ2n) is 9.35. The van der Waals surface area contributed by atoms with Gasteiger partial charge in [0.15, 0.2) is 0 Å². The van der Waals surface area contributed by atoms with E-state index < -0.39 is 5.60 Å². The second kappa shape index (κ2) is 10.8. The van der Waals surface area contributed by atoms with Crippen molar-refractivity contribution in [2.24, 2.45) is 5.92 Å². The normalized spacial score (nSPS) is 17.3. The summed E-state index contributed by atoms with van der Waals surface area (Å²) in [6, 6.07) is 7.54. The van der Waals surface area contributed by atoms with Crippen molar-refractivity contribution in [1.29, 1.82) is 0 Å². The monoisotopic (exact) mass is 432 g/mol. The summed E-state index contributed by atoms with van der Waals surface area (Å²) in [5.41, 5.74) is 1.34. The van der Waals surface area contributed by atoms with Crippen LogP contribution < -0.4 is 10.6 Å². The smallest absolute Gasteiger partial charge is 0.410 e. The van der Waals surface area contributed by atoms with Crippen LogP contribution in [0, 0.1) is 5.92 Å². The highest BCUT2D eigenvalue weighted by Gasteiger charge is 2.25. The fraction of sp³-hybridized carbons (Fsp3) is 0.652. The lowest BCUT2D eigenvalue weighted by Gasteiger charge is -2.35. The fourth-order valence-corrected chi connectivity index (χ4v) is 3.35. The minimum Gasteiger partial charge on any atom is -0.444 e. The first-order chi connectivity index (χ1) is 14.8. The third-order valence-electron chi connectivity index (χ3n) is 5.24. The average Bonchev–Trinajstić information content (AvgIpc) is 3.52. The van der Waals surface area contributed by atoms with Crippen molar-refractivity contribution < 1.29 is 19.1 Å². The first kappa shape index (κ1) is 23.3. The van der Waals surface area contributed by atoms with Crippen LogP contribution in [0.3, 0.4) is 0 Å². The maximum absolute atomic E-state index is 12.2. The zero-order valence-electron chi connectivity index (χ0n) is 19.0. The number of benzene rings is 1. The van der Waals surface area contributed by atoms with Crippen molar-refractivity contribution in [2.45, 2.75) is 45.8 Å². The SMILES string of the molecule is CC(C)(C)OC(=O)N1CCN(CCNC(=O)Nc2cccc(COCC3CC3)c2)CC1. The molecule has 3 rings (SSSR count). The van der Waals surface area contributed by atoms with Gasteiger partial charge >= 0.3 is 12.1 Å². The summed E-state index contributed by atoms with van der Waals surface area (Å²) in [5.74, 6) is 0.743. The molecule has 0 radical (unpaired) electrons. The van der Waals surface area contributed by atoms with Crippen LogP contribution in [0.25, 0.3) is 0 Å². The summed E-state index contributed by atoms with van der Waals surface area (Å²) in [5, 5.41) is 5.78. The average molecular weight is 433 g/mol. The highest BCUT2D eigenvalue weighted by atomic mass is 16.6. The molecule has 31 heavy (non-hydrogen) atoms. The molecule has 1 aliphatic carbocycles. The first-order valence-corrected chi connectivity index (χ1v) is 11.2. The van der Waals surface area contributed by atoms with E-state index in [-0.39, 0.29) is 12.1 Å². The summed E-state index contributed by atoms with van der Waals surface area (Å²) in [6.45, 7) is 11.1. The van der Waals surface area contributed by atoms with Crippen LogP contribution in [-0.2, 0) is 16.1 Å². The molecular weight excluding hydrogens is 396 g/mol. The molecule has 1 saturated carbocycles. The van der Waals surface area contributed by atoms with Gasteiger partial charge in [-0.3, -0.25) is 4.90 Å². The fourth-order valence-electron chi connectivity index (χ4n) is 3.35. The Bertz CT molecular complexity index is 737. The van der Waals surface area contributed by atoms with Gasteiger partial charge in [0.25, 0.3) is 0 Å². The van der Waals surface area contributed by atoms with Gasteiger partial charge in [-0.2, -0.15) is 0 Å². The van der Waals surface area contributed by atoms with Gasteiger partial charge in [0.05, 0.1) is 6.61 Å². The van der Waals surface area contributed by atoms with Crippen LogP contribution in [0.4, 0.5) is 15.3 Å². The summed E-state index contributed by atoms with van der Waals surface area (Å²) in [6.07, 6.45) is 2.30. The van der Waals surface area contributed by atoms with Gasteiger partial charge in [-0.05, 0) is 57.2 Å². The topological polar surface area (TPSA) is 83.1 Å². The third kappa shape index (κ3) is 8.75. The molecule has 2 aliphatic rings. The number of carbonyl (C=O) groups excluding carboxylic acids is 2. The molecule has 8 nitrogen and oxygen atoms in total. The van der Waals surface area contributed by atoms with Gasteiger partial charge in [-0.1, -0.05) is 12.1 Å². The number of nitrogens with one attached hydrogen (secondary N) is 2. The van der Waals surface area contributed by atoms with E-state index in [2.05, 4.69) is 15.5 Å². The van der Waals surface area contributed by atoms with Gasteiger partial charge in [0, 0.05) is 51.6 Å². The van der Waals surface area contributed by atoms with Crippen LogP contribution in [-0.4, -0.2) is 73.4 Å². The van der Waals surface area contributed by atoms with Crippen LogP contribution in [0.15, 0.2) is 24.3 Å². The Morgan fingerprint density at radius 3 is 2.55 bits per heavy atom. The van der Waals surface area contributed by atoms with Crippen molar-refractivity contribution in [2.75, 3.05) is 51.2 Å². The Kier molecular flexibility index (Phi) is 8.15. The maximum atomic E-state index is 12.2. The zero-order valence-corrected chi connectivity index (χ0v) is 19.0. The predicted molar refractivity (Wildman–Crippen MR) is 120 cm³/mol. The summed E-state index contributed by atoms with van der Waals surface area (Å²) >= 11 is 0. The lowest BCUT2D eigenvalue weighted by molar-refractivity contribution is 0.0147. The van der Waals surface area contributed by atoms with E-state index in [0.717, 1.165) is 43.4 Å². The van der Waals surface area contributed by atoms with E-state index in [4.69, 9.17) is 9.47 Å². The van der Waals surface area contributed by atoms with E-state index in [9.17, 15) is 9.59 Å². The molecule has 2 fully saturated rings. The molecule has 172 valence electrons. The highest BCUT2D eigenvalue weighted by molar-refractivity contribution is 5.89. The van der Waals surface area contributed by atoms with Crippen LogP contribution in [0.5, 0.6) is 0 Å². The molecule has 1 heterocycles. The molecule has 0 spiro atoms. The van der Waals surface area contributed by atoms with E-state index >= 15 is 0 Å². The Hall–Kier alpha value is -2.32. The second-order valence-corrected chi connectivity index (χ2v) is 9.35. The summed E-state index contributed by atoms with van der Waals surface area (Å²) < 4.78 is 11.1. The number of carbonyl (C=O) groups is 2. The molecule has 0 bridgehead atoms. The van der Waals surface area contributed by atoms with Crippen molar-refractivity contribution in [1.82, 2.24) is 15.1 Å². The number of urea groups is 1. The van der Waals surface area contributed by atoms with Gasteiger partial charge < -0.3 is 25.0 Å².